The summed E-state index contributed by atoms with van der Waals surface area (Å²) in [5, 5.41) is 13.7. The first-order chi connectivity index (χ1) is 13.2. The second-order valence-electron chi connectivity index (χ2n) is 8.15. The van der Waals surface area contributed by atoms with Gasteiger partial charge < -0.3 is 20.9 Å². The lowest BCUT2D eigenvalue weighted by atomic mass is 9.90. The molecule has 1 amide bonds. The standard InChI is InChI=1S/C22H31N3O3/c1-15(13-25-21(27)28-11-6-5-10-22(2,3)4)17-8-7-9-18-19(17)24-14-16(12-23)20(18)26/h7-9,14H,1,5-6,10-13,23H2,2-4H3,(H,24,26)(H,25,27). The number of amides is 1. The number of para-hydroxylation sites is 1. The molecule has 1 heterocycles. The molecule has 1 aromatic heterocycles. The van der Waals surface area contributed by atoms with Crippen molar-refractivity contribution in [3.8, 4) is 5.75 Å². The number of hydrogen-bond acceptors (Lipinski definition) is 5. The van der Waals surface area contributed by atoms with Crippen molar-refractivity contribution in [1.29, 1.82) is 0 Å². The zero-order chi connectivity index (χ0) is 20.7. The average Bonchev–Trinajstić information content (AvgIpc) is 2.65. The van der Waals surface area contributed by atoms with Crippen LogP contribution in [0.15, 0.2) is 31.0 Å². The SMILES string of the molecule is C=C(CNC(=O)OCCCCC(C)(C)C)c1cccc2c(O)c(CN)cnc12. The van der Waals surface area contributed by atoms with Gasteiger partial charge in [-0.2, -0.15) is 0 Å². The quantitative estimate of drug-likeness (QED) is 0.587. The van der Waals surface area contributed by atoms with Crippen LogP contribution in [0, 0.1) is 5.41 Å². The van der Waals surface area contributed by atoms with Crippen LogP contribution in [0.2, 0.25) is 0 Å². The van der Waals surface area contributed by atoms with Crippen molar-refractivity contribution in [2.75, 3.05) is 13.2 Å². The Morgan fingerprint density at radius 2 is 2.07 bits per heavy atom. The molecule has 2 rings (SSSR count). The number of aromatic nitrogens is 1. The van der Waals surface area contributed by atoms with E-state index in [-0.39, 0.29) is 18.8 Å². The predicted octanol–water partition coefficient (Wildman–Crippen LogP) is 4.35. The third-order valence-corrected chi connectivity index (χ3v) is 4.55. The Kier molecular flexibility index (Phi) is 7.40. The highest BCUT2D eigenvalue weighted by Crippen LogP contribution is 2.30. The van der Waals surface area contributed by atoms with Gasteiger partial charge in [-0.3, -0.25) is 4.98 Å². The van der Waals surface area contributed by atoms with Crippen LogP contribution in [0.1, 0.15) is 51.2 Å². The molecular formula is C22H31N3O3. The Labute approximate surface area is 166 Å². The number of nitrogens with zero attached hydrogens (tertiary/aromatic N) is 1. The van der Waals surface area contributed by atoms with Gasteiger partial charge in [0.2, 0.25) is 0 Å². The molecule has 28 heavy (non-hydrogen) atoms. The lowest BCUT2D eigenvalue weighted by Crippen LogP contribution is -2.26. The van der Waals surface area contributed by atoms with Crippen molar-refractivity contribution in [2.24, 2.45) is 11.1 Å². The molecule has 0 spiro atoms. The highest BCUT2D eigenvalue weighted by molar-refractivity contribution is 5.95. The highest BCUT2D eigenvalue weighted by atomic mass is 16.5. The number of hydrogen-bond donors (Lipinski definition) is 3. The molecule has 6 nitrogen and oxygen atoms in total. The maximum absolute atomic E-state index is 11.9. The topological polar surface area (TPSA) is 97.5 Å². The summed E-state index contributed by atoms with van der Waals surface area (Å²) in [5.41, 5.74) is 8.58. The number of carbonyl (C=O) groups excluding carboxylic acids is 1. The first kappa shape index (κ1) is 21.7. The van der Waals surface area contributed by atoms with Gasteiger partial charge in [0.05, 0.1) is 12.1 Å². The van der Waals surface area contributed by atoms with Crippen molar-refractivity contribution >= 4 is 22.6 Å². The first-order valence-electron chi connectivity index (χ1n) is 9.61. The maximum Gasteiger partial charge on any atom is 0.407 e. The summed E-state index contributed by atoms with van der Waals surface area (Å²) in [6, 6.07) is 5.46. The van der Waals surface area contributed by atoms with E-state index >= 15 is 0 Å². The minimum Gasteiger partial charge on any atom is -0.507 e. The average molecular weight is 386 g/mol. The van der Waals surface area contributed by atoms with Crippen LogP contribution in [-0.2, 0) is 11.3 Å². The Balaban J connectivity index is 1.89. The molecule has 0 aliphatic rings. The van der Waals surface area contributed by atoms with E-state index in [1.165, 1.54) is 0 Å². The number of carbonyl (C=O) groups is 1. The van der Waals surface area contributed by atoms with E-state index in [0.29, 0.717) is 34.1 Å². The van der Waals surface area contributed by atoms with Gasteiger partial charge in [-0.1, -0.05) is 39.5 Å². The van der Waals surface area contributed by atoms with Gasteiger partial charge in [0.1, 0.15) is 5.75 Å². The van der Waals surface area contributed by atoms with Crippen LogP contribution in [0.3, 0.4) is 0 Å². The maximum atomic E-state index is 11.9. The Morgan fingerprint density at radius 3 is 2.75 bits per heavy atom. The van der Waals surface area contributed by atoms with Gasteiger partial charge in [0.15, 0.2) is 0 Å². The molecule has 0 bridgehead atoms. The molecule has 0 saturated carbocycles. The normalized spacial score (nSPS) is 11.4. The van der Waals surface area contributed by atoms with E-state index in [1.807, 2.05) is 12.1 Å². The molecule has 0 fully saturated rings. The van der Waals surface area contributed by atoms with E-state index < -0.39 is 6.09 Å². The number of pyridine rings is 1. The smallest absolute Gasteiger partial charge is 0.407 e. The van der Waals surface area contributed by atoms with Gasteiger partial charge in [0, 0.05) is 35.8 Å². The summed E-state index contributed by atoms with van der Waals surface area (Å²) in [4.78, 5) is 16.3. The van der Waals surface area contributed by atoms with Gasteiger partial charge in [-0.15, -0.1) is 0 Å². The van der Waals surface area contributed by atoms with Gasteiger partial charge in [-0.05, 0) is 36.3 Å². The molecule has 152 valence electrons. The van der Waals surface area contributed by atoms with E-state index in [2.05, 4.69) is 37.7 Å². The van der Waals surface area contributed by atoms with Crippen molar-refractivity contribution in [2.45, 2.75) is 46.6 Å². The summed E-state index contributed by atoms with van der Waals surface area (Å²) >= 11 is 0. The third kappa shape index (κ3) is 5.96. The van der Waals surface area contributed by atoms with Crippen molar-refractivity contribution < 1.29 is 14.6 Å². The first-order valence-corrected chi connectivity index (χ1v) is 9.61. The van der Waals surface area contributed by atoms with Crippen LogP contribution >= 0.6 is 0 Å². The number of nitrogens with two attached hydrogens (primary N) is 1. The minimum absolute atomic E-state index is 0.129. The Bertz CT molecular complexity index is 841. The second kappa shape index (κ2) is 9.55. The number of alkyl carbamates (subject to hydrolysis) is 1. The summed E-state index contributed by atoms with van der Waals surface area (Å²) in [6.45, 7) is 11.5. The molecule has 0 saturated heterocycles. The summed E-state index contributed by atoms with van der Waals surface area (Å²) in [6.07, 6.45) is 4.08. The fourth-order valence-corrected chi connectivity index (χ4v) is 2.93. The summed E-state index contributed by atoms with van der Waals surface area (Å²) in [5.74, 6) is 0.129. The van der Waals surface area contributed by atoms with Gasteiger partial charge in [-0.25, -0.2) is 4.79 Å². The third-order valence-electron chi connectivity index (χ3n) is 4.55. The van der Waals surface area contributed by atoms with Crippen LogP contribution in [0.5, 0.6) is 5.75 Å². The number of nitrogens with one attached hydrogen (secondary N) is 1. The molecular weight excluding hydrogens is 354 g/mol. The number of unbranched alkanes of at least 4 members (excludes halogenated alkanes) is 1. The van der Waals surface area contributed by atoms with Crippen molar-refractivity contribution in [1.82, 2.24) is 10.3 Å². The fraction of sp³-hybridized carbons (Fsp3) is 0.455. The molecule has 1 aromatic carbocycles. The summed E-state index contributed by atoms with van der Waals surface area (Å²) in [7, 11) is 0. The molecule has 0 radical (unpaired) electrons. The van der Waals surface area contributed by atoms with E-state index in [1.54, 1.807) is 12.3 Å². The lowest BCUT2D eigenvalue weighted by molar-refractivity contribution is 0.144. The predicted molar refractivity (Wildman–Crippen MR) is 113 cm³/mol. The molecule has 6 heteroatoms. The molecule has 4 N–H and O–H groups in total. The Hall–Kier alpha value is -2.60. The van der Waals surface area contributed by atoms with E-state index in [4.69, 9.17) is 10.5 Å². The number of benzene rings is 1. The second-order valence-corrected chi connectivity index (χ2v) is 8.15. The minimum atomic E-state index is -0.460. The number of ether oxygens (including phenoxy) is 1. The van der Waals surface area contributed by atoms with Crippen molar-refractivity contribution in [3.63, 3.8) is 0 Å². The number of aromatic hydroxyl groups is 1. The molecule has 2 aromatic rings. The molecule has 0 unspecified atom stereocenters. The zero-order valence-electron chi connectivity index (χ0n) is 17.0. The summed E-state index contributed by atoms with van der Waals surface area (Å²) < 4.78 is 5.22. The van der Waals surface area contributed by atoms with Gasteiger partial charge in [0.25, 0.3) is 0 Å². The van der Waals surface area contributed by atoms with Crippen LogP contribution < -0.4 is 11.1 Å². The number of fused-ring (bicyclic) bond motifs is 1. The zero-order valence-corrected chi connectivity index (χ0v) is 17.0. The molecule has 0 aliphatic heterocycles. The Morgan fingerprint density at radius 1 is 1.32 bits per heavy atom. The lowest BCUT2D eigenvalue weighted by Gasteiger charge is -2.17. The highest BCUT2D eigenvalue weighted by Gasteiger charge is 2.13. The van der Waals surface area contributed by atoms with Crippen LogP contribution in [-0.4, -0.2) is 29.3 Å². The van der Waals surface area contributed by atoms with Crippen molar-refractivity contribution in [3.05, 3.63) is 42.1 Å². The number of rotatable bonds is 8. The molecule has 0 atom stereocenters. The largest absolute Gasteiger partial charge is 0.507 e. The fourth-order valence-electron chi connectivity index (χ4n) is 2.93. The van der Waals surface area contributed by atoms with Crippen LogP contribution in [0.4, 0.5) is 4.79 Å². The monoisotopic (exact) mass is 385 g/mol. The van der Waals surface area contributed by atoms with Crippen LogP contribution in [0.25, 0.3) is 16.5 Å². The molecule has 0 aliphatic carbocycles. The van der Waals surface area contributed by atoms with Gasteiger partial charge >= 0.3 is 6.09 Å². The van der Waals surface area contributed by atoms with E-state index in [9.17, 15) is 9.90 Å². The van der Waals surface area contributed by atoms with E-state index in [0.717, 1.165) is 24.8 Å².